The van der Waals surface area contributed by atoms with E-state index in [1.807, 2.05) is 28.5 Å². The molecule has 5 heterocycles. The van der Waals surface area contributed by atoms with Gasteiger partial charge in [-0.2, -0.15) is 9.49 Å². The highest BCUT2D eigenvalue weighted by Gasteiger charge is 2.23. The topological polar surface area (TPSA) is 103 Å². The van der Waals surface area contributed by atoms with Gasteiger partial charge in [-0.15, -0.1) is 11.3 Å². The van der Waals surface area contributed by atoms with E-state index in [0.717, 1.165) is 57.8 Å². The van der Waals surface area contributed by atoms with Crippen molar-refractivity contribution in [2.45, 2.75) is 37.8 Å². The first-order valence-electron chi connectivity index (χ1n) is 10.5. The number of pyridine rings is 2. The number of halogens is 1. The Morgan fingerprint density at radius 2 is 1.91 bits per heavy atom. The zero-order chi connectivity index (χ0) is 21.8. The molecule has 0 aromatic carbocycles. The molecule has 3 N–H and O–H groups in total. The second-order valence-electron chi connectivity index (χ2n) is 8.23. The molecule has 162 valence electrons. The number of rotatable bonds is 3. The van der Waals surface area contributed by atoms with Gasteiger partial charge in [0.2, 0.25) is 5.95 Å². The summed E-state index contributed by atoms with van der Waals surface area (Å²) in [7, 11) is 0. The van der Waals surface area contributed by atoms with Gasteiger partial charge >= 0.3 is 0 Å². The maximum atomic E-state index is 13.8. The standard InChI is InChI=1S/C23H20FN5O2S/c24-21-6-15-18(11-32-20(15)9-26-21)19-5-16-17(8-27-23(25)22(16)31-19)12-7-28-29(10-12)13-1-3-14(30)4-2-13/h5-11,13-14,30H,1-4H2,(H2,25,27). The third-order valence-electron chi connectivity index (χ3n) is 6.23. The van der Waals surface area contributed by atoms with Crippen molar-refractivity contribution < 1.29 is 13.9 Å². The highest BCUT2D eigenvalue weighted by molar-refractivity contribution is 7.17. The van der Waals surface area contributed by atoms with Gasteiger partial charge in [0.05, 0.1) is 23.0 Å². The monoisotopic (exact) mass is 449 g/mol. The van der Waals surface area contributed by atoms with Gasteiger partial charge in [-0.3, -0.25) is 4.68 Å². The van der Waals surface area contributed by atoms with Crippen molar-refractivity contribution >= 4 is 38.2 Å². The fraction of sp³-hybridized carbons (Fsp3) is 0.261. The zero-order valence-electron chi connectivity index (χ0n) is 17.0. The van der Waals surface area contributed by atoms with Crippen molar-refractivity contribution in [3.05, 3.63) is 48.2 Å². The molecule has 7 nitrogen and oxygen atoms in total. The lowest BCUT2D eigenvalue weighted by Crippen LogP contribution is -2.21. The molecule has 0 atom stereocenters. The minimum absolute atomic E-state index is 0.205. The molecule has 0 amide bonds. The van der Waals surface area contributed by atoms with Gasteiger partial charge in [0.1, 0.15) is 5.76 Å². The number of nitrogens with zero attached hydrogens (tertiary/aromatic N) is 4. The summed E-state index contributed by atoms with van der Waals surface area (Å²) in [5.74, 6) is 0.375. The van der Waals surface area contributed by atoms with E-state index in [1.54, 1.807) is 6.20 Å². The first kappa shape index (κ1) is 19.4. The smallest absolute Gasteiger partial charge is 0.213 e. The lowest BCUT2D eigenvalue weighted by Gasteiger charge is -2.25. The van der Waals surface area contributed by atoms with Crippen molar-refractivity contribution in [2.75, 3.05) is 5.73 Å². The SMILES string of the molecule is Nc1ncc(-c2cnn(C3CCC(O)CC3)c2)c2cc(-c3csc4cnc(F)cc34)oc12. The molecule has 1 aliphatic carbocycles. The van der Waals surface area contributed by atoms with Crippen molar-refractivity contribution in [2.24, 2.45) is 0 Å². The van der Waals surface area contributed by atoms with Gasteiger partial charge in [0.25, 0.3) is 0 Å². The normalized spacial score (nSPS) is 19.2. The molecule has 0 radical (unpaired) electrons. The molecule has 0 aliphatic heterocycles. The van der Waals surface area contributed by atoms with Crippen molar-refractivity contribution in [1.29, 1.82) is 0 Å². The van der Waals surface area contributed by atoms with Crippen LogP contribution in [0.4, 0.5) is 10.2 Å². The second kappa shape index (κ2) is 7.39. The van der Waals surface area contributed by atoms with E-state index < -0.39 is 5.95 Å². The van der Waals surface area contributed by atoms with Gasteiger partial charge in [-0.25, -0.2) is 9.97 Å². The maximum absolute atomic E-state index is 13.8. The van der Waals surface area contributed by atoms with Crippen molar-refractivity contribution in [1.82, 2.24) is 19.7 Å². The number of hydrogen-bond donors (Lipinski definition) is 2. The van der Waals surface area contributed by atoms with Gasteiger partial charge in [-0.1, -0.05) is 0 Å². The van der Waals surface area contributed by atoms with Crippen LogP contribution >= 0.6 is 11.3 Å². The molecule has 0 saturated heterocycles. The molecule has 6 rings (SSSR count). The molecular formula is C23H20FN5O2S. The predicted octanol–water partition coefficient (Wildman–Crippen LogP) is 5.17. The summed E-state index contributed by atoms with van der Waals surface area (Å²) in [5.41, 5.74) is 9.22. The lowest BCUT2D eigenvalue weighted by molar-refractivity contribution is 0.108. The van der Waals surface area contributed by atoms with Gasteiger partial charge < -0.3 is 15.3 Å². The van der Waals surface area contributed by atoms with E-state index in [2.05, 4.69) is 15.1 Å². The number of anilines is 1. The van der Waals surface area contributed by atoms with Crippen LogP contribution in [0, 0.1) is 5.95 Å². The Morgan fingerprint density at radius 1 is 1.06 bits per heavy atom. The quantitative estimate of drug-likeness (QED) is 0.369. The summed E-state index contributed by atoms with van der Waals surface area (Å²) in [5, 5.41) is 17.9. The number of hydrogen-bond acceptors (Lipinski definition) is 7. The highest BCUT2D eigenvalue weighted by Crippen LogP contribution is 2.40. The number of aliphatic hydroxyl groups is 1. The molecule has 32 heavy (non-hydrogen) atoms. The van der Waals surface area contributed by atoms with Crippen LogP contribution < -0.4 is 5.73 Å². The average Bonchev–Trinajstić information content (AvgIpc) is 3.52. The third-order valence-corrected chi connectivity index (χ3v) is 7.17. The minimum atomic E-state index is -0.530. The molecule has 0 spiro atoms. The molecule has 1 aliphatic rings. The van der Waals surface area contributed by atoms with Crippen LogP contribution in [-0.2, 0) is 0 Å². The zero-order valence-corrected chi connectivity index (χ0v) is 17.8. The Morgan fingerprint density at radius 3 is 2.75 bits per heavy atom. The van der Waals surface area contributed by atoms with E-state index in [1.165, 1.54) is 23.6 Å². The Hall–Kier alpha value is -3.30. The molecule has 9 heteroatoms. The first-order chi connectivity index (χ1) is 15.6. The van der Waals surface area contributed by atoms with E-state index in [-0.39, 0.29) is 12.1 Å². The minimum Gasteiger partial charge on any atom is -0.452 e. The fourth-order valence-corrected chi connectivity index (χ4v) is 5.40. The van der Waals surface area contributed by atoms with Crippen LogP contribution in [0.2, 0.25) is 0 Å². The summed E-state index contributed by atoms with van der Waals surface area (Å²) < 4.78 is 22.7. The summed E-state index contributed by atoms with van der Waals surface area (Å²) in [6.45, 7) is 0. The van der Waals surface area contributed by atoms with Crippen molar-refractivity contribution in [3.63, 3.8) is 0 Å². The molecular weight excluding hydrogens is 429 g/mol. The van der Waals surface area contributed by atoms with E-state index in [4.69, 9.17) is 10.2 Å². The Balaban J connectivity index is 1.43. The molecule has 0 bridgehead atoms. The lowest BCUT2D eigenvalue weighted by atomic mass is 9.93. The molecule has 1 fully saturated rings. The number of nitrogen functional groups attached to an aromatic ring is 1. The Kier molecular flexibility index (Phi) is 4.48. The van der Waals surface area contributed by atoms with Crippen LogP contribution in [0.1, 0.15) is 31.7 Å². The van der Waals surface area contributed by atoms with Crippen LogP contribution in [-0.4, -0.2) is 31.0 Å². The number of aliphatic hydroxyl groups excluding tert-OH is 1. The average molecular weight is 450 g/mol. The molecule has 0 unspecified atom stereocenters. The van der Waals surface area contributed by atoms with Crippen LogP contribution in [0.3, 0.4) is 0 Å². The van der Waals surface area contributed by atoms with Crippen LogP contribution in [0.15, 0.2) is 46.7 Å². The van der Waals surface area contributed by atoms with E-state index in [9.17, 15) is 9.50 Å². The molecule has 1 saturated carbocycles. The summed E-state index contributed by atoms with van der Waals surface area (Å²) in [4.78, 5) is 8.06. The number of furan rings is 1. The van der Waals surface area contributed by atoms with E-state index >= 15 is 0 Å². The number of fused-ring (bicyclic) bond motifs is 2. The second-order valence-corrected chi connectivity index (χ2v) is 9.15. The molecule has 5 aromatic rings. The summed E-state index contributed by atoms with van der Waals surface area (Å²) in [6.07, 6.45) is 10.3. The fourth-order valence-electron chi connectivity index (χ4n) is 4.50. The van der Waals surface area contributed by atoms with Crippen LogP contribution in [0.25, 0.3) is 43.5 Å². The van der Waals surface area contributed by atoms with Crippen LogP contribution in [0.5, 0.6) is 0 Å². The Bertz CT molecular complexity index is 1450. The first-order valence-corrected chi connectivity index (χ1v) is 11.4. The maximum Gasteiger partial charge on any atom is 0.213 e. The van der Waals surface area contributed by atoms with E-state index in [0.29, 0.717) is 17.2 Å². The largest absolute Gasteiger partial charge is 0.452 e. The van der Waals surface area contributed by atoms with Gasteiger partial charge in [-0.05, 0) is 31.7 Å². The number of nitrogens with two attached hydrogens (primary N) is 1. The predicted molar refractivity (Wildman–Crippen MR) is 122 cm³/mol. The highest BCUT2D eigenvalue weighted by atomic mass is 32.1. The van der Waals surface area contributed by atoms with Gasteiger partial charge in [0, 0.05) is 57.5 Å². The van der Waals surface area contributed by atoms with Gasteiger partial charge in [0.15, 0.2) is 11.4 Å². The molecule has 5 aromatic heterocycles. The number of aromatic nitrogens is 4. The van der Waals surface area contributed by atoms with Crippen molar-refractivity contribution in [3.8, 4) is 22.5 Å². The Labute approximate surface area is 186 Å². The summed E-state index contributed by atoms with van der Waals surface area (Å²) >= 11 is 1.48. The summed E-state index contributed by atoms with van der Waals surface area (Å²) in [6, 6.07) is 3.63. The number of thiophene rings is 1. The third kappa shape index (κ3) is 3.16.